The number of carboxylic acid groups (broad SMARTS) is 1. The van der Waals surface area contributed by atoms with Gasteiger partial charge >= 0.3 is 5.97 Å². The number of halogens is 1. The molecular weight excluding hydrogens is 254 g/mol. The highest BCUT2D eigenvalue weighted by Crippen LogP contribution is 2.18. The number of hydrogen-bond acceptors (Lipinski definition) is 2. The normalized spacial score (nSPS) is 11.9. The number of amides is 1. The van der Waals surface area contributed by atoms with E-state index in [1.54, 1.807) is 25.1 Å². The first-order valence-corrected chi connectivity index (χ1v) is 6.14. The molecular formula is C13H16ClNO3. The van der Waals surface area contributed by atoms with Crippen molar-refractivity contribution in [2.24, 2.45) is 0 Å². The number of nitrogens with one attached hydrogen (secondary N) is 1. The molecule has 0 radical (unpaired) electrons. The van der Waals surface area contributed by atoms with Gasteiger partial charge in [-0.15, -0.1) is 0 Å². The minimum absolute atomic E-state index is 0.403. The predicted molar refractivity (Wildman–Crippen MR) is 70.0 cm³/mol. The van der Waals surface area contributed by atoms with Gasteiger partial charge in [0.2, 0.25) is 0 Å². The van der Waals surface area contributed by atoms with Crippen molar-refractivity contribution in [3.8, 4) is 0 Å². The maximum Gasteiger partial charge on any atom is 0.326 e. The van der Waals surface area contributed by atoms with E-state index in [9.17, 15) is 9.59 Å². The van der Waals surface area contributed by atoms with Gasteiger partial charge in [0, 0.05) is 10.6 Å². The Morgan fingerprint density at radius 3 is 2.67 bits per heavy atom. The third-order valence-electron chi connectivity index (χ3n) is 2.69. The Kier molecular flexibility index (Phi) is 5.16. The molecule has 18 heavy (non-hydrogen) atoms. The Balaban J connectivity index is 2.87. The number of carbonyl (C=O) groups excluding carboxylic acids is 1. The molecule has 0 saturated carbocycles. The summed E-state index contributed by atoms with van der Waals surface area (Å²) in [5.74, 6) is -1.43. The first-order chi connectivity index (χ1) is 8.47. The van der Waals surface area contributed by atoms with E-state index in [0.717, 1.165) is 0 Å². The summed E-state index contributed by atoms with van der Waals surface area (Å²) in [5.41, 5.74) is 1.06. The van der Waals surface area contributed by atoms with Crippen molar-refractivity contribution in [1.29, 1.82) is 0 Å². The highest BCUT2D eigenvalue weighted by atomic mass is 35.5. The molecule has 0 bridgehead atoms. The summed E-state index contributed by atoms with van der Waals surface area (Å²) in [7, 11) is 0. The molecule has 1 atom stereocenters. The van der Waals surface area contributed by atoms with Crippen LogP contribution in [-0.2, 0) is 4.79 Å². The van der Waals surface area contributed by atoms with E-state index >= 15 is 0 Å². The van der Waals surface area contributed by atoms with E-state index in [1.807, 2.05) is 6.92 Å². The predicted octanol–water partition coefficient (Wildman–Crippen LogP) is 2.63. The van der Waals surface area contributed by atoms with Crippen LogP contribution in [0.2, 0.25) is 5.02 Å². The van der Waals surface area contributed by atoms with Gasteiger partial charge in [-0.3, -0.25) is 4.79 Å². The van der Waals surface area contributed by atoms with Gasteiger partial charge in [0.1, 0.15) is 6.04 Å². The zero-order chi connectivity index (χ0) is 13.7. The molecule has 0 spiro atoms. The molecule has 0 aromatic heterocycles. The van der Waals surface area contributed by atoms with Gasteiger partial charge in [-0.2, -0.15) is 0 Å². The molecule has 0 aliphatic carbocycles. The van der Waals surface area contributed by atoms with E-state index in [0.29, 0.717) is 29.0 Å². The molecule has 0 fully saturated rings. The summed E-state index contributed by atoms with van der Waals surface area (Å²) in [6, 6.07) is 4.12. The van der Waals surface area contributed by atoms with Crippen LogP contribution < -0.4 is 5.32 Å². The molecule has 4 nitrogen and oxygen atoms in total. The summed E-state index contributed by atoms with van der Waals surface area (Å²) >= 11 is 5.92. The zero-order valence-corrected chi connectivity index (χ0v) is 11.1. The molecule has 1 aromatic rings. The average Bonchev–Trinajstić information content (AvgIpc) is 2.31. The Morgan fingerprint density at radius 1 is 1.44 bits per heavy atom. The molecule has 98 valence electrons. The standard InChI is InChI=1S/C13H16ClNO3/c1-3-5-11(13(17)18)15-12(16)9-6-4-7-10(14)8(9)2/h4,6-7,11H,3,5H2,1-2H3,(H,15,16)(H,17,18). The quantitative estimate of drug-likeness (QED) is 0.863. The molecule has 1 amide bonds. The lowest BCUT2D eigenvalue weighted by Crippen LogP contribution is -2.40. The number of hydrogen-bond donors (Lipinski definition) is 2. The van der Waals surface area contributed by atoms with Crippen LogP contribution in [-0.4, -0.2) is 23.0 Å². The van der Waals surface area contributed by atoms with Crippen molar-refractivity contribution in [1.82, 2.24) is 5.32 Å². The van der Waals surface area contributed by atoms with Gasteiger partial charge in [-0.1, -0.05) is 31.0 Å². The summed E-state index contributed by atoms with van der Waals surface area (Å²) in [5, 5.41) is 12.0. The first kappa shape index (κ1) is 14.5. The lowest BCUT2D eigenvalue weighted by Gasteiger charge is -2.14. The maximum atomic E-state index is 12.0. The fourth-order valence-electron chi connectivity index (χ4n) is 1.64. The van der Waals surface area contributed by atoms with Crippen molar-refractivity contribution < 1.29 is 14.7 Å². The molecule has 0 heterocycles. The fraction of sp³-hybridized carbons (Fsp3) is 0.385. The molecule has 1 aromatic carbocycles. The molecule has 1 unspecified atom stereocenters. The van der Waals surface area contributed by atoms with Gasteiger partial charge in [0.25, 0.3) is 5.91 Å². The maximum absolute atomic E-state index is 12.0. The Hall–Kier alpha value is -1.55. The topological polar surface area (TPSA) is 66.4 Å². The molecule has 0 aliphatic heterocycles. The highest BCUT2D eigenvalue weighted by molar-refractivity contribution is 6.31. The summed E-state index contributed by atoms with van der Waals surface area (Å²) in [6.45, 7) is 3.60. The van der Waals surface area contributed by atoms with Gasteiger partial charge in [-0.25, -0.2) is 4.79 Å². The Bertz CT molecular complexity index is 460. The van der Waals surface area contributed by atoms with Crippen LogP contribution in [0.1, 0.15) is 35.7 Å². The second-order valence-corrected chi connectivity index (χ2v) is 4.47. The second-order valence-electron chi connectivity index (χ2n) is 4.07. The number of aliphatic carboxylic acids is 1. The van der Waals surface area contributed by atoms with Crippen LogP contribution in [0, 0.1) is 6.92 Å². The summed E-state index contributed by atoms with van der Waals surface area (Å²) < 4.78 is 0. The van der Waals surface area contributed by atoms with Gasteiger partial charge in [0.05, 0.1) is 0 Å². The van der Waals surface area contributed by atoms with Crippen LogP contribution in [0.25, 0.3) is 0 Å². The average molecular weight is 270 g/mol. The van der Waals surface area contributed by atoms with Crippen molar-refractivity contribution in [3.05, 3.63) is 34.3 Å². The van der Waals surface area contributed by atoms with Crippen LogP contribution in [0.3, 0.4) is 0 Å². The third-order valence-corrected chi connectivity index (χ3v) is 3.10. The molecule has 0 aliphatic rings. The number of rotatable bonds is 5. The first-order valence-electron chi connectivity index (χ1n) is 5.76. The minimum atomic E-state index is -1.02. The smallest absolute Gasteiger partial charge is 0.326 e. The largest absolute Gasteiger partial charge is 0.480 e. The molecule has 5 heteroatoms. The van der Waals surface area contributed by atoms with Gasteiger partial charge in [0.15, 0.2) is 0 Å². The van der Waals surface area contributed by atoms with E-state index in [4.69, 9.17) is 16.7 Å². The molecule has 2 N–H and O–H groups in total. The van der Waals surface area contributed by atoms with E-state index in [2.05, 4.69) is 5.32 Å². The SMILES string of the molecule is CCCC(NC(=O)c1cccc(Cl)c1C)C(=O)O. The van der Waals surface area contributed by atoms with Crippen molar-refractivity contribution >= 4 is 23.5 Å². The van der Waals surface area contributed by atoms with Crippen LogP contribution in [0.4, 0.5) is 0 Å². The molecule has 0 saturated heterocycles. The van der Waals surface area contributed by atoms with Crippen LogP contribution in [0.5, 0.6) is 0 Å². The zero-order valence-electron chi connectivity index (χ0n) is 10.4. The van der Waals surface area contributed by atoms with Crippen molar-refractivity contribution in [2.45, 2.75) is 32.7 Å². The van der Waals surface area contributed by atoms with E-state index in [1.165, 1.54) is 0 Å². The van der Waals surface area contributed by atoms with Gasteiger partial charge in [-0.05, 0) is 31.0 Å². The lowest BCUT2D eigenvalue weighted by atomic mass is 10.1. The second kappa shape index (κ2) is 6.40. The number of benzene rings is 1. The van der Waals surface area contributed by atoms with Crippen molar-refractivity contribution in [2.75, 3.05) is 0 Å². The lowest BCUT2D eigenvalue weighted by molar-refractivity contribution is -0.139. The number of carbonyl (C=O) groups is 2. The minimum Gasteiger partial charge on any atom is -0.480 e. The Morgan fingerprint density at radius 2 is 2.11 bits per heavy atom. The summed E-state index contributed by atoms with van der Waals surface area (Å²) in [4.78, 5) is 22.9. The number of carboxylic acids is 1. The third kappa shape index (κ3) is 3.47. The summed E-state index contributed by atoms with van der Waals surface area (Å²) in [6.07, 6.45) is 1.09. The van der Waals surface area contributed by atoms with Crippen LogP contribution in [0.15, 0.2) is 18.2 Å². The fourth-order valence-corrected chi connectivity index (χ4v) is 1.81. The Labute approximate surface area is 111 Å². The molecule has 1 rings (SSSR count). The van der Waals surface area contributed by atoms with E-state index in [-0.39, 0.29) is 0 Å². The van der Waals surface area contributed by atoms with E-state index < -0.39 is 17.9 Å². The van der Waals surface area contributed by atoms with Gasteiger partial charge < -0.3 is 10.4 Å². The highest BCUT2D eigenvalue weighted by Gasteiger charge is 2.20. The monoisotopic (exact) mass is 269 g/mol. The van der Waals surface area contributed by atoms with Crippen LogP contribution >= 0.6 is 11.6 Å². The van der Waals surface area contributed by atoms with Crippen molar-refractivity contribution in [3.63, 3.8) is 0 Å².